The average molecular weight is 333 g/mol. The molecule has 0 aromatic carbocycles. The third-order valence-corrected chi connectivity index (χ3v) is 6.28. The van der Waals surface area contributed by atoms with Gasteiger partial charge in [-0.3, -0.25) is 4.79 Å². The zero-order valence-electron chi connectivity index (χ0n) is 11.3. The van der Waals surface area contributed by atoms with Gasteiger partial charge in [0.2, 0.25) is 10.0 Å². The molecule has 2 rings (SSSR count). The number of piperidine rings is 1. The molecule has 1 atom stereocenters. The van der Waals surface area contributed by atoms with E-state index in [1.54, 1.807) is 0 Å². The number of hydrogen-bond acceptors (Lipinski definition) is 6. The number of thiophene rings is 1. The van der Waals surface area contributed by atoms with Crippen LogP contribution in [0.5, 0.6) is 0 Å². The van der Waals surface area contributed by atoms with Crippen LogP contribution in [0, 0.1) is 5.92 Å². The Balaban J connectivity index is 2.32. The van der Waals surface area contributed by atoms with E-state index in [9.17, 15) is 18.0 Å². The second kappa shape index (κ2) is 6.12. The number of sulfonamides is 1. The standard InChI is InChI=1S/C12H15NO6S2/c1-19-12(16)10-9(4-6-20-10)21(17,18)13-5-2-3-8(7-13)11(14)15/h4,6,8H,2-3,5,7H2,1H3,(H,14,15)/t8-/m1/s1. The number of carboxylic acids is 1. The van der Waals surface area contributed by atoms with Gasteiger partial charge in [-0.15, -0.1) is 11.3 Å². The first-order valence-corrected chi connectivity index (χ1v) is 8.58. The van der Waals surface area contributed by atoms with E-state index in [1.807, 2.05) is 0 Å². The van der Waals surface area contributed by atoms with Crippen LogP contribution in [0.15, 0.2) is 16.3 Å². The first-order valence-electron chi connectivity index (χ1n) is 6.26. The first-order chi connectivity index (χ1) is 9.87. The predicted molar refractivity (Wildman–Crippen MR) is 74.8 cm³/mol. The molecule has 116 valence electrons. The fourth-order valence-electron chi connectivity index (χ4n) is 2.24. The SMILES string of the molecule is COC(=O)c1sccc1S(=O)(=O)N1CCC[C@@H](C(=O)O)C1. The molecule has 0 unspecified atom stereocenters. The molecule has 7 nitrogen and oxygen atoms in total. The van der Waals surface area contributed by atoms with Gasteiger partial charge in [-0.2, -0.15) is 4.31 Å². The summed E-state index contributed by atoms with van der Waals surface area (Å²) in [4.78, 5) is 22.5. The van der Waals surface area contributed by atoms with Crippen molar-refractivity contribution >= 4 is 33.3 Å². The van der Waals surface area contributed by atoms with Crippen LogP contribution in [0.2, 0.25) is 0 Å². The van der Waals surface area contributed by atoms with Crippen molar-refractivity contribution in [3.05, 3.63) is 16.3 Å². The largest absolute Gasteiger partial charge is 0.481 e. The summed E-state index contributed by atoms with van der Waals surface area (Å²) in [5.41, 5.74) is 0. The number of carboxylic acid groups (broad SMARTS) is 1. The number of hydrogen-bond donors (Lipinski definition) is 1. The van der Waals surface area contributed by atoms with Gasteiger partial charge in [0.15, 0.2) is 0 Å². The van der Waals surface area contributed by atoms with E-state index in [0.29, 0.717) is 12.8 Å². The Morgan fingerprint density at radius 3 is 2.81 bits per heavy atom. The molecule has 2 heterocycles. The van der Waals surface area contributed by atoms with E-state index < -0.39 is 27.9 Å². The number of carbonyl (C=O) groups is 2. The number of ether oxygens (including phenoxy) is 1. The van der Waals surface area contributed by atoms with Crippen LogP contribution in [0.3, 0.4) is 0 Å². The maximum atomic E-state index is 12.6. The van der Waals surface area contributed by atoms with Gasteiger partial charge in [0.05, 0.1) is 13.0 Å². The maximum absolute atomic E-state index is 12.6. The third-order valence-electron chi connectivity index (χ3n) is 3.35. The highest BCUT2D eigenvalue weighted by molar-refractivity contribution is 7.89. The van der Waals surface area contributed by atoms with Crippen LogP contribution >= 0.6 is 11.3 Å². The number of nitrogens with zero attached hydrogens (tertiary/aromatic N) is 1. The molecule has 0 spiro atoms. The molecule has 1 N–H and O–H groups in total. The number of esters is 1. The van der Waals surface area contributed by atoms with Crippen molar-refractivity contribution < 1.29 is 27.9 Å². The molecule has 1 aromatic heterocycles. The van der Waals surface area contributed by atoms with Crippen molar-refractivity contribution in [2.45, 2.75) is 17.7 Å². The van der Waals surface area contributed by atoms with Crippen LogP contribution in [0.25, 0.3) is 0 Å². The zero-order chi connectivity index (χ0) is 15.6. The minimum atomic E-state index is -3.89. The average Bonchev–Trinajstić information content (AvgIpc) is 2.96. The quantitative estimate of drug-likeness (QED) is 0.826. The van der Waals surface area contributed by atoms with Gasteiger partial charge >= 0.3 is 11.9 Å². The van der Waals surface area contributed by atoms with Gasteiger partial charge in [0.25, 0.3) is 0 Å². The highest BCUT2D eigenvalue weighted by atomic mass is 32.2. The monoisotopic (exact) mass is 333 g/mol. The Bertz CT molecular complexity index is 650. The fraction of sp³-hybridized carbons (Fsp3) is 0.500. The van der Waals surface area contributed by atoms with Crippen LogP contribution < -0.4 is 0 Å². The van der Waals surface area contributed by atoms with Crippen molar-refractivity contribution in [1.82, 2.24) is 4.31 Å². The summed E-state index contributed by atoms with van der Waals surface area (Å²) in [5, 5.41) is 10.5. The smallest absolute Gasteiger partial charge is 0.349 e. The van der Waals surface area contributed by atoms with E-state index in [1.165, 1.54) is 18.6 Å². The van der Waals surface area contributed by atoms with Gasteiger partial charge < -0.3 is 9.84 Å². The van der Waals surface area contributed by atoms with Gasteiger partial charge in [0.1, 0.15) is 9.77 Å². The minimum Gasteiger partial charge on any atom is -0.481 e. The molecule has 0 bridgehead atoms. The normalized spacial score (nSPS) is 20.1. The molecule has 0 amide bonds. The molecule has 0 saturated carbocycles. The summed E-state index contributed by atoms with van der Waals surface area (Å²) < 4.78 is 30.9. The molecule has 1 aromatic rings. The van der Waals surface area contributed by atoms with E-state index >= 15 is 0 Å². The molecule has 0 radical (unpaired) electrons. The van der Waals surface area contributed by atoms with Crippen molar-refractivity contribution in [2.24, 2.45) is 5.92 Å². The molecule has 0 aliphatic carbocycles. The summed E-state index contributed by atoms with van der Waals surface area (Å²) in [5.74, 6) is -2.43. The maximum Gasteiger partial charge on any atom is 0.349 e. The lowest BCUT2D eigenvalue weighted by molar-refractivity contribution is -0.142. The van der Waals surface area contributed by atoms with Crippen LogP contribution in [-0.4, -0.2) is 50.0 Å². The van der Waals surface area contributed by atoms with Crippen molar-refractivity contribution in [3.8, 4) is 0 Å². The van der Waals surface area contributed by atoms with Crippen LogP contribution in [0.4, 0.5) is 0 Å². The second-order valence-electron chi connectivity index (χ2n) is 4.65. The Kier molecular flexibility index (Phi) is 4.64. The summed E-state index contributed by atoms with van der Waals surface area (Å²) in [6.07, 6.45) is 0.933. The van der Waals surface area contributed by atoms with Gasteiger partial charge in [-0.05, 0) is 24.3 Å². The lowest BCUT2D eigenvalue weighted by Crippen LogP contribution is -2.42. The van der Waals surface area contributed by atoms with Crippen molar-refractivity contribution in [2.75, 3.05) is 20.2 Å². The van der Waals surface area contributed by atoms with Crippen molar-refractivity contribution in [3.63, 3.8) is 0 Å². The Morgan fingerprint density at radius 2 is 2.19 bits per heavy atom. The summed E-state index contributed by atoms with van der Waals surface area (Å²) in [7, 11) is -2.71. The molecule has 1 aliphatic rings. The number of methoxy groups -OCH3 is 1. The lowest BCUT2D eigenvalue weighted by atomic mass is 10.0. The van der Waals surface area contributed by atoms with Crippen LogP contribution in [0.1, 0.15) is 22.5 Å². The summed E-state index contributed by atoms with van der Waals surface area (Å²) >= 11 is 0.984. The van der Waals surface area contributed by atoms with Gasteiger partial charge in [-0.1, -0.05) is 0 Å². The lowest BCUT2D eigenvalue weighted by Gasteiger charge is -2.29. The van der Waals surface area contributed by atoms with E-state index in [-0.39, 0.29) is 22.9 Å². The van der Waals surface area contributed by atoms with E-state index in [4.69, 9.17) is 5.11 Å². The molecule has 1 aliphatic heterocycles. The second-order valence-corrected chi connectivity index (χ2v) is 7.47. The molecule has 1 saturated heterocycles. The van der Waals surface area contributed by atoms with E-state index in [2.05, 4.69) is 4.74 Å². The Morgan fingerprint density at radius 1 is 1.48 bits per heavy atom. The first kappa shape index (κ1) is 15.9. The van der Waals surface area contributed by atoms with E-state index in [0.717, 1.165) is 15.6 Å². The van der Waals surface area contributed by atoms with Crippen molar-refractivity contribution in [1.29, 1.82) is 0 Å². The summed E-state index contributed by atoms with van der Waals surface area (Å²) in [6.45, 7) is 0.177. The molecule has 1 fully saturated rings. The molecular formula is C12H15NO6S2. The minimum absolute atomic E-state index is 0.00921. The van der Waals surface area contributed by atoms with Gasteiger partial charge in [-0.25, -0.2) is 13.2 Å². The predicted octanol–water partition coefficient (Wildman–Crippen LogP) is 1.02. The summed E-state index contributed by atoms with van der Waals surface area (Å²) in [6, 6.07) is 1.34. The third kappa shape index (κ3) is 3.09. The molecular weight excluding hydrogens is 318 g/mol. The highest BCUT2D eigenvalue weighted by Gasteiger charge is 2.35. The fourth-order valence-corrected chi connectivity index (χ4v) is 5.08. The molecule has 21 heavy (non-hydrogen) atoms. The topological polar surface area (TPSA) is 101 Å². The number of carbonyl (C=O) groups excluding carboxylic acids is 1. The Hall–Kier alpha value is -1.45. The highest BCUT2D eigenvalue weighted by Crippen LogP contribution is 2.29. The zero-order valence-corrected chi connectivity index (χ0v) is 12.9. The number of aliphatic carboxylic acids is 1. The molecule has 9 heteroatoms. The van der Waals surface area contributed by atoms with Gasteiger partial charge in [0, 0.05) is 13.1 Å². The number of rotatable bonds is 4. The Labute approximate surface area is 126 Å². The van der Waals surface area contributed by atoms with Crippen LogP contribution in [-0.2, 0) is 19.6 Å².